The van der Waals surface area contributed by atoms with Crippen LogP contribution >= 0.6 is 11.6 Å². The summed E-state index contributed by atoms with van der Waals surface area (Å²) in [5.74, 6) is -1.89. The molecule has 0 radical (unpaired) electrons. The molecule has 1 saturated carbocycles. The molecule has 3 rings (SSSR count). The van der Waals surface area contributed by atoms with Gasteiger partial charge in [0.2, 0.25) is 0 Å². The van der Waals surface area contributed by atoms with Crippen molar-refractivity contribution in [2.24, 2.45) is 0 Å². The lowest BCUT2D eigenvalue weighted by molar-refractivity contribution is -0.139. The smallest absolute Gasteiger partial charge is 0.327 e. The minimum absolute atomic E-state index is 0.00264. The van der Waals surface area contributed by atoms with E-state index in [0.29, 0.717) is 10.8 Å². The Morgan fingerprint density at radius 1 is 0.958 bits per heavy atom. The highest BCUT2D eigenvalue weighted by atomic mass is 35.5. The van der Waals surface area contributed by atoms with Gasteiger partial charge in [-0.2, -0.15) is 0 Å². The van der Waals surface area contributed by atoms with Gasteiger partial charge < -0.3 is 9.73 Å². The van der Waals surface area contributed by atoms with Crippen LogP contribution in [0.2, 0.25) is 5.02 Å². The van der Waals surface area contributed by atoms with E-state index in [4.69, 9.17) is 16.0 Å². The molecular formula is C16H14ClN3O4. The normalized spacial score (nSPS) is 13.2. The summed E-state index contributed by atoms with van der Waals surface area (Å²) >= 11 is 5.82. The fraction of sp³-hybridized carbons (Fsp3) is 0.188. The average Bonchev–Trinajstić information content (AvgIpc) is 3.25. The number of nitrogens with one attached hydrogen (secondary N) is 3. The fourth-order valence-corrected chi connectivity index (χ4v) is 2.07. The summed E-state index contributed by atoms with van der Waals surface area (Å²) in [6.07, 6.45) is 1.73. The van der Waals surface area contributed by atoms with Gasteiger partial charge in [-0.15, -0.1) is 0 Å². The molecule has 1 heterocycles. The first-order valence-electron chi connectivity index (χ1n) is 7.30. The van der Waals surface area contributed by atoms with Crippen LogP contribution in [-0.2, 0) is 9.59 Å². The number of hydrogen-bond acceptors (Lipinski definition) is 4. The number of benzene rings is 1. The van der Waals surface area contributed by atoms with Crippen molar-refractivity contribution in [3.05, 3.63) is 47.2 Å². The molecule has 0 unspecified atom stereocenters. The molecule has 1 fully saturated rings. The van der Waals surface area contributed by atoms with Gasteiger partial charge in [0.15, 0.2) is 5.76 Å². The highest BCUT2D eigenvalue weighted by Gasteiger charge is 2.26. The number of rotatable bonds is 3. The van der Waals surface area contributed by atoms with Crippen LogP contribution in [0.1, 0.15) is 23.4 Å². The molecule has 24 heavy (non-hydrogen) atoms. The first-order valence-corrected chi connectivity index (χ1v) is 7.67. The average molecular weight is 348 g/mol. The molecule has 1 aromatic carbocycles. The molecule has 0 saturated heterocycles. The number of furan rings is 1. The van der Waals surface area contributed by atoms with E-state index in [-0.39, 0.29) is 11.8 Å². The van der Waals surface area contributed by atoms with E-state index in [0.717, 1.165) is 18.4 Å². The summed E-state index contributed by atoms with van der Waals surface area (Å²) in [5.41, 5.74) is 4.93. The van der Waals surface area contributed by atoms with Gasteiger partial charge in [-0.05, 0) is 49.2 Å². The molecule has 124 valence electrons. The number of carbonyl (C=O) groups is 3. The number of amides is 3. The Morgan fingerprint density at radius 2 is 1.67 bits per heavy atom. The van der Waals surface area contributed by atoms with Gasteiger partial charge in [0, 0.05) is 16.6 Å². The van der Waals surface area contributed by atoms with E-state index in [9.17, 15) is 14.4 Å². The van der Waals surface area contributed by atoms with E-state index in [2.05, 4.69) is 10.7 Å². The predicted molar refractivity (Wildman–Crippen MR) is 85.9 cm³/mol. The molecule has 2 aromatic rings. The topological polar surface area (TPSA) is 100 Å². The Hall–Kier alpha value is -2.80. The molecule has 7 nitrogen and oxygen atoms in total. The second-order valence-electron chi connectivity index (χ2n) is 5.33. The maximum atomic E-state index is 11.9. The maximum Gasteiger partial charge on any atom is 0.327 e. The molecule has 0 bridgehead atoms. The zero-order valence-electron chi connectivity index (χ0n) is 12.5. The van der Waals surface area contributed by atoms with Gasteiger partial charge in [-0.3, -0.25) is 25.2 Å². The van der Waals surface area contributed by atoms with Crippen molar-refractivity contribution in [2.75, 3.05) is 0 Å². The zero-order chi connectivity index (χ0) is 17.1. The van der Waals surface area contributed by atoms with Gasteiger partial charge in [0.1, 0.15) is 5.76 Å². The Bertz CT molecular complexity index is 781. The largest absolute Gasteiger partial charge is 0.451 e. The summed E-state index contributed by atoms with van der Waals surface area (Å²) in [6.45, 7) is 0. The standard InChI is InChI=1S/C16H14ClN3O4/c17-10-3-1-9(2-4-10)12-7-8-13(24-12)14(21)19-20-16(23)15(22)18-11-5-6-11/h1-4,7-8,11H,5-6H2,(H,18,22)(H,19,21)(H,20,23). The molecule has 1 aliphatic carbocycles. The lowest BCUT2D eigenvalue weighted by Crippen LogP contribution is -2.48. The second-order valence-corrected chi connectivity index (χ2v) is 5.76. The van der Waals surface area contributed by atoms with Gasteiger partial charge in [-0.25, -0.2) is 0 Å². The number of hydrogen-bond donors (Lipinski definition) is 3. The molecular weight excluding hydrogens is 334 g/mol. The van der Waals surface area contributed by atoms with Crippen LogP contribution in [-0.4, -0.2) is 23.8 Å². The molecule has 0 atom stereocenters. The lowest BCUT2D eigenvalue weighted by atomic mass is 10.2. The second kappa shape index (κ2) is 6.76. The number of hydrazine groups is 1. The summed E-state index contributed by atoms with van der Waals surface area (Å²) < 4.78 is 5.43. The summed E-state index contributed by atoms with van der Waals surface area (Å²) in [4.78, 5) is 34.9. The SMILES string of the molecule is O=C(NNC(=O)c1ccc(-c2ccc(Cl)cc2)o1)C(=O)NC1CC1. The Labute approximate surface area is 142 Å². The van der Waals surface area contributed by atoms with Crippen LogP contribution < -0.4 is 16.2 Å². The van der Waals surface area contributed by atoms with Crippen LogP contribution in [0.5, 0.6) is 0 Å². The first kappa shape index (κ1) is 16.1. The van der Waals surface area contributed by atoms with E-state index < -0.39 is 17.7 Å². The first-order chi connectivity index (χ1) is 11.5. The van der Waals surface area contributed by atoms with E-state index in [1.165, 1.54) is 6.07 Å². The number of carbonyl (C=O) groups excluding carboxylic acids is 3. The van der Waals surface area contributed by atoms with Gasteiger partial charge in [-0.1, -0.05) is 11.6 Å². The van der Waals surface area contributed by atoms with Crippen LogP contribution in [0.25, 0.3) is 11.3 Å². The highest BCUT2D eigenvalue weighted by molar-refractivity contribution is 6.35. The van der Waals surface area contributed by atoms with Crippen LogP contribution in [0.4, 0.5) is 0 Å². The third kappa shape index (κ3) is 3.94. The van der Waals surface area contributed by atoms with E-state index in [1.54, 1.807) is 30.3 Å². The van der Waals surface area contributed by atoms with Crippen molar-refractivity contribution in [1.29, 1.82) is 0 Å². The summed E-state index contributed by atoms with van der Waals surface area (Å²) in [7, 11) is 0. The molecule has 8 heteroatoms. The van der Waals surface area contributed by atoms with Crippen molar-refractivity contribution in [2.45, 2.75) is 18.9 Å². The third-order valence-electron chi connectivity index (χ3n) is 3.37. The quantitative estimate of drug-likeness (QED) is 0.580. The van der Waals surface area contributed by atoms with Gasteiger partial charge >= 0.3 is 17.7 Å². The lowest BCUT2D eigenvalue weighted by Gasteiger charge is -2.06. The predicted octanol–water partition coefficient (Wildman–Crippen LogP) is 1.64. The van der Waals surface area contributed by atoms with Crippen LogP contribution in [0.15, 0.2) is 40.8 Å². The van der Waals surface area contributed by atoms with Crippen molar-refractivity contribution < 1.29 is 18.8 Å². The third-order valence-corrected chi connectivity index (χ3v) is 3.62. The number of halogens is 1. The molecule has 0 aliphatic heterocycles. The van der Waals surface area contributed by atoms with Gasteiger partial charge in [0.25, 0.3) is 0 Å². The molecule has 1 aliphatic rings. The van der Waals surface area contributed by atoms with Crippen molar-refractivity contribution in [1.82, 2.24) is 16.2 Å². The minimum atomic E-state index is -0.931. The molecule has 0 spiro atoms. The van der Waals surface area contributed by atoms with Crippen molar-refractivity contribution >= 4 is 29.3 Å². The minimum Gasteiger partial charge on any atom is -0.451 e. The van der Waals surface area contributed by atoms with Crippen molar-refractivity contribution in [3.63, 3.8) is 0 Å². The van der Waals surface area contributed by atoms with E-state index >= 15 is 0 Å². The van der Waals surface area contributed by atoms with Crippen LogP contribution in [0.3, 0.4) is 0 Å². The maximum absolute atomic E-state index is 11.9. The van der Waals surface area contributed by atoms with E-state index in [1.807, 2.05) is 5.43 Å². The summed E-state index contributed by atoms with van der Waals surface area (Å²) in [5, 5.41) is 3.10. The Morgan fingerprint density at radius 3 is 2.33 bits per heavy atom. The Balaban J connectivity index is 1.56. The fourth-order valence-electron chi connectivity index (χ4n) is 1.94. The highest BCUT2D eigenvalue weighted by Crippen LogP contribution is 2.23. The molecule has 3 N–H and O–H groups in total. The molecule has 1 aromatic heterocycles. The Kier molecular flexibility index (Phi) is 4.52. The monoisotopic (exact) mass is 347 g/mol. The summed E-state index contributed by atoms with van der Waals surface area (Å²) in [6, 6.07) is 10.1. The van der Waals surface area contributed by atoms with Gasteiger partial charge in [0.05, 0.1) is 0 Å². The zero-order valence-corrected chi connectivity index (χ0v) is 13.2. The molecule has 3 amide bonds. The van der Waals surface area contributed by atoms with Crippen molar-refractivity contribution in [3.8, 4) is 11.3 Å². The van der Waals surface area contributed by atoms with Crippen LogP contribution in [0, 0.1) is 0 Å².